The molecule has 1 saturated heterocycles. The number of carboxylic acids is 1. The molecule has 1 aliphatic rings. The predicted octanol–water partition coefficient (Wildman–Crippen LogP) is -0.667. The lowest BCUT2D eigenvalue weighted by molar-refractivity contribution is -0.162. The van der Waals surface area contributed by atoms with Crippen molar-refractivity contribution in [2.24, 2.45) is 0 Å². The van der Waals surface area contributed by atoms with E-state index in [2.05, 4.69) is 0 Å². The second kappa shape index (κ2) is 5.09. The maximum absolute atomic E-state index is 11.6. The number of carbonyl (C=O) groups is 2. The molecule has 0 aromatic carbocycles. The molecule has 15 heavy (non-hydrogen) atoms. The zero-order valence-corrected chi connectivity index (χ0v) is 8.80. The monoisotopic (exact) mass is 217 g/mol. The number of methoxy groups -OCH3 is 1. The van der Waals surface area contributed by atoms with Crippen molar-refractivity contribution in [3.05, 3.63) is 0 Å². The summed E-state index contributed by atoms with van der Waals surface area (Å²) in [5.74, 6) is -1.25. The first-order chi connectivity index (χ1) is 7.06. The number of ether oxygens (including phenoxy) is 2. The van der Waals surface area contributed by atoms with Crippen LogP contribution in [0.2, 0.25) is 0 Å². The molecule has 0 radical (unpaired) electrons. The summed E-state index contributed by atoms with van der Waals surface area (Å²) in [5, 5.41) is 8.74. The van der Waals surface area contributed by atoms with Crippen LogP contribution < -0.4 is 0 Å². The van der Waals surface area contributed by atoms with E-state index in [0.717, 1.165) is 0 Å². The first-order valence-corrected chi connectivity index (χ1v) is 4.72. The van der Waals surface area contributed by atoms with Crippen molar-refractivity contribution in [1.82, 2.24) is 4.90 Å². The first-order valence-electron chi connectivity index (χ1n) is 4.72. The predicted molar refractivity (Wildman–Crippen MR) is 50.4 cm³/mol. The van der Waals surface area contributed by atoms with E-state index in [1.807, 2.05) is 0 Å². The summed E-state index contributed by atoms with van der Waals surface area (Å²) in [6, 6.07) is 0. The number of hydrogen-bond donors (Lipinski definition) is 1. The van der Waals surface area contributed by atoms with Crippen molar-refractivity contribution in [2.45, 2.75) is 19.1 Å². The van der Waals surface area contributed by atoms with Gasteiger partial charge in [-0.3, -0.25) is 4.79 Å². The second-order valence-electron chi connectivity index (χ2n) is 3.36. The number of hydrogen-bond acceptors (Lipinski definition) is 4. The smallest absolute Gasteiger partial charge is 0.334 e. The first kappa shape index (κ1) is 11.9. The average molecular weight is 217 g/mol. The fourth-order valence-corrected chi connectivity index (χ4v) is 1.36. The van der Waals surface area contributed by atoms with Crippen molar-refractivity contribution in [1.29, 1.82) is 0 Å². The number of carboxylic acid groups (broad SMARTS) is 1. The van der Waals surface area contributed by atoms with Gasteiger partial charge in [-0.25, -0.2) is 4.79 Å². The van der Waals surface area contributed by atoms with Gasteiger partial charge < -0.3 is 19.5 Å². The van der Waals surface area contributed by atoms with Gasteiger partial charge in [-0.15, -0.1) is 0 Å². The largest absolute Gasteiger partial charge is 0.479 e. The van der Waals surface area contributed by atoms with Crippen molar-refractivity contribution in [3.63, 3.8) is 0 Å². The number of carbonyl (C=O) groups excluding carboxylic acids is 1. The normalized spacial score (nSPS) is 23.6. The van der Waals surface area contributed by atoms with Gasteiger partial charge in [0.1, 0.15) is 6.10 Å². The summed E-state index contributed by atoms with van der Waals surface area (Å²) in [4.78, 5) is 23.8. The summed E-state index contributed by atoms with van der Waals surface area (Å²) < 4.78 is 9.88. The molecular formula is C9H15NO5. The fraction of sp³-hybridized carbons (Fsp3) is 0.778. The summed E-state index contributed by atoms with van der Waals surface area (Å²) in [6.45, 7) is 2.38. The Bertz CT molecular complexity index is 255. The maximum atomic E-state index is 11.6. The third-order valence-corrected chi connectivity index (χ3v) is 2.35. The van der Waals surface area contributed by atoms with Crippen molar-refractivity contribution in [2.75, 3.05) is 26.8 Å². The highest BCUT2D eigenvalue weighted by Crippen LogP contribution is 2.08. The molecule has 0 spiro atoms. The molecule has 1 rings (SSSR count). The standard InChI is InChI=1S/C9H15NO5/c1-6(14-2)8(11)10-3-4-15-7(5-10)9(12)13/h6-7H,3-5H2,1-2H3,(H,12,13). The molecular weight excluding hydrogens is 202 g/mol. The van der Waals surface area contributed by atoms with Gasteiger partial charge in [-0.05, 0) is 6.92 Å². The van der Waals surface area contributed by atoms with Crippen molar-refractivity contribution in [3.8, 4) is 0 Å². The number of morpholine rings is 1. The van der Waals surface area contributed by atoms with Gasteiger partial charge in [-0.1, -0.05) is 0 Å². The minimum Gasteiger partial charge on any atom is -0.479 e. The van der Waals surface area contributed by atoms with E-state index in [1.165, 1.54) is 12.0 Å². The van der Waals surface area contributed by atoms with Crippen LogP contribution in [0.3, 0.4) is 0 Å². The zero-order valence-electron chi connectivity index (χ0n) is 8.80. The van der Waals surface area contributed by atoms with Crippen molar-refractivity contribution < 1.29 is 24.2 Å². The van der Waals surface area contributed by atoms with Crippen LogP contribution in [-0.2, 0) is 19.1 Å². The van der Waals surface area contributed by atoms with E-state index in [9.17, 15) is 9.59 Å². The lowest BCUT2D eigenvalue weighted by atomic mass is 10.2. The molecule has 1 aliphatic heterocycles. The fourth-order valence-electron chi connectivity index (χ4n) is 1.36. The minimum atomic E-state index is -1.04. The van der Waals surface area contributed by atoms with Gasteiger partial charge in [0.2, 0.25) is 0 Å². The highest BCUT2D eigenvalue weighted by molar-refractivity contribution is 5.82. The van der Waals surface area contributed by atoms with Crippen molar-refractivity contribution >= 4 is 11.9 Å². The van der Waals surface area contributed by atoms with E-state index in [4.69, 9.17) is 14.6 Å². The molecule has 6 nitrogen and oxygen atoms in total. The number of rotatable bonds is 3. The van der Waals surface area contributed by atoms with Crippen LogP contribution >= 0.6 is 0 Å². The SMILES string of the molecule is COC(C)C(=O)N1CCOC(C(=O)O)C1. The van der Waals surface area contributed by atoms with Crippen LogP contribution in [-0.4, -0.2) is 60.9 Å². The molecule has 1 amide bonds. The minimum absolute atomic E-state index is 0.0852. The molecule has 1 N–H and O–H groups in total. The summed E-state index contributed by atoms with van der Waals surface area (Å²) in [6.07, 6.45) is -1.47. The van der Waals surface area contributed by atoms with E-state index < -0.39 is 18.2 Å². The molecule has 86 valence electrons. The van der Waals surface area contributed by atoms with Gasteiger partial charge in [0.25, 0.3) is 5.91 Å². The third kappa shape index (κ3) is 2.90. The lowest BCUT2D eigenvalue weighted by Crippen LogP contribution is -2.51. The van der Waals surface area contributed by atoms with Gasteiger partial charge in [0.05, 0.1) is 13.2 Å². The molecule has 1 fully saturated rings. The molecule has 0 aromatic rings. The number of aliphatic carboxylic acids is 1. The Kier molecular flexibility index (Phi) is 4.05. The second-order valence-corrected chi connectivity index (χ2v) is 3.36. The van der Waals surface area contributed by atoms with Crippen LogP contribution in [0.15, 0.2) is 0 Å². The Hall–Kier alpha value is -1.14. The topological polar surface area (TPSA) is 76.1 Å². The number of nitrogens with zero attached hydrogens (tertiary/aromatic N) is 1. The maximum Gasteiger partial charge on any atom is 0.334 e. The Morgan fingerprint density at radius 1 is 1.60 bits per heavy atom. The van der Waals surface area contributed by atoms with Crippen LogP contribution in [0.5, 0.6) is 0 Å². The molecule has 0 saturated carbocycles. The summed E-state index contributed by atoms with van der Waals surface area (Å²) in [5.41, 5.74) is 0. The Balaban J connectivity index is 2.56. The van der Waals surface area contributed by atoms with Crippen LogP contribution in [0.25, 0.3) is 0 Å². The quantitative estimate of drug-likeness (QED) is 0.678. The molecule has 0 bridgehead atoms. The van der Waals surface area contributed by atoms with Crippen LogP contribution in [0.1, 0.15) is 6.92 Å². The number of amides is 1. The van der Waals surface area contributed by atoms with Gasteiger partial charge in [0.15, 0.2) is 6.10 Å². The molecule has 0 aromatic heterocycles. The summed E-state index contributed by atoms with van der Waals surface area (Å²) in [7, 11) is 1.44. The Morgan fingerprint density at radius 3 is 2.80 bits per heavy atom. The molecule has 6 heteroatoms. The van der Waals surface area contributed by atoms with Gasteiger partial charge in [0, 0.05) is 13.7 Å². The average Bonchev–Trinajstić information content (AvgIpc) is 2.27. The van der Waals surface area contributed by atoms with E-state index in [1.54, 1.807) is 6.92 Å². The highest BCUT2D eigenvalue weighted by atomic mass is 16.5. The molecule has 1 heterocycles. The van der Waals surface area contributed by atoms with Crippen LogP contribution in [0, 0.1) is 0 Å². The molecule has 2 unspecified atom stereocenters. The third-order valence-electron chi connectivity index (χ3n) is 2.35. The molecule has 2 atom stereocenters. The van der Waals surface area contributed by atoms with Gasteiger partial charge in [-0.2, -0.15) is 0 Å². The van der Waals surface area contributed by atoms with Gasteiger partial charge >= 0.3 is 5.97 Å². The highest BCUT2D eigenvalue weighted by Gasteiger charge is 2.30. The Labute approximate surface area is 87.8 Å². The summed E-state index contributed by atoms with van der Waals surface area (Å²) >= 11 is 0. The van der Waals surface area contributed by atoms with E-state index in [-0.39, 0.29) is 19.1 Å². The lowest BCUT2D eigenvalue weighted by Gasteiger charge is -2.32. The Morgan fingerprint density at radius 2 is 2.27 bits per heavy atom. The zero-order chi connectivity index (χ0) is 11.4. The van der Waals surface area contributed by atoms with E-state index in [0.29, 0.717) is 6.54 Å². The van der Waals surface area contributed by atoms with E-state index >= 15 is 0 Å². The molecule has 0 aliphatic carbocycles. The van der Waals surface area contributed by atoms with Crippen LogP contribution in [0.4, 0.5) is 0 Å².